The number of carbonyl (C=O) groups is 1. The van der Waals surface area contributed by atoms with E-state index in [2.05, 4.69) is 47.1 Å². The Labute approximate surface area is 184 Å². The Morgan fingerprint density at radius 3 is 2.55 bits per heavy atom. The summed E-state index contributed by atoms with van der Waals surface area (Å²) in [6.07, 6.45) is 2.78. The molecule has 2 heterocycles. The molecule has 0 aliphatic heterocycles. The van der Waals surface area contributed by atoms with E-state index in [1.807, 2.05) is 12.1 Å². The Hall–Kier alpha value is -4.12. The summed E-state index contributed by atoms with van der Waals surface area (Å²) < 4.78 is 0.581. The number of rotatable bonds is 6. The number of nitro groups is 1. The fraction of sp³-hybridized carbons (Fsp3) is 0. The van der Waals surface area contributed by atoms with Crippen LogP contribution in [0.5, 0.6) is 0 Å². The summed E-state index contributed by atoms with van der Waals surface area (Å²) in [5.74, 6) is -0.708. The first-order valence-electron chi connectivity index (χ1n) is 8.95. The maximum atomic E-state index is 12.4. The molecule has 2 aromatic carbocycles. The normalized spacial score (nSPS) is 10.5. The number of hydrazine groups is 1. The summed E-state index contributed by atoms with van der Waals surface area (Å²) in [6.45, 7) is 0. The Morgan fingerprint density at radius 2 is 1.74 bits per heavy atom. The first kappa shape index (κ1) is 20.2. The molecule has 4 aromatic rings. The van der Waals surface area contributed by atoms with Gasteiger partial charge in [0.1, 0.15) is 6.33 Å². The van der Waals surface area contributed by atoms with Crippen molar-refractivity contribution < 1.29 is 9.72 Å². The zero-order valence-corrected chi connectivity index (χ0v) is 17.3. The zero-order valence-electron chi connectivity index (χ0n) is 15.7. The third-order valence-corrected chi connectivity index (χ3v) is 5.00. The van der Waals surface area contributed by atoms with E-state index < -0.39 is 16.5 Å². The second-order valence-corrected chi connectivity index (χ2v) is 7.10. The molecule has 0 aliphatic rings. The van der Waals surface area contributed by atoms with Crippen LogP contribution in [0, 0.1) is 10.1 Å². The highest BCUT2D eigenvalue weighted by Gasteiger charge is 2.24. The number of amides is 1. The molecule has 4 rings (SSSR count). The molecule has 0 fully saturated rings. The topological polar surface area (TPSA) is 135 Å². The van der Waals surface area contributed by atoms with Crippen molar-refractivity contribution in [3.8, 4) is 0 Å². The highest BCUT2D eigenvalue weighted by Crippen LogP contribution is 2.32. The smallest absolute Gasteiger partial charge is 0.332 e. The van der Waals surface area contributed by atoms with Crippen LogP contribution in [-0.4, -0.2) is 25.8 Å². The number of fused-ring (bicyclic) bond motifs is 1. The van der Waals surface area contributed by atoms with Crippen LogP contribution in [0.4, 0.5) is 23.0 Å². The number of carbonyl (C=O) groups excluding carboxylic acids is 1. The number of para-hydroxylation sites is 1. The van der Waals surface area contributed by atoms with Crippen LogP contribution in [0.2, 0.25) is 0 Å². The number of benzene rings is 2. The standard InChI is InChI=1S/C20H14BrN7O3/c21-14-8-2-1-7-13(14)20(29)27-26-19-17(28(30)31)18(23-11-24-19)25-15-9-3-5-12-6-4-10-22-16(12)15/h1-11H,(H,27,29)(H2,23,24,25,26). The number of hydrogen-bond donors (Lipinski definition) is 3. The molecule has 0 atom stereocenters. The lowest BCUT2D eigenvalue weighted by molar-refractivity contribution is -0.383. The molecular weight excluding hydrogens is 466 g/mol. The van der Waals surface area contributed by atoms with E-state index in [1.54, 1.807) is 48.7 Å². The molecule has 11 heteroatoms. The Balaban J connectivity index is 1.63. The van der Waals surface area contributed by atoms with Crippen molar-refractivity contribution in [3.63, 3.8) is 0 Å². The van der Waals surface area contributed by atoms with Gasteiger partial charge in [0.05, 0.1) is 21.7 Å². The van der Waals surface area contributed by atoms with Crippen LogP contribution < -0.4 is 16.2 Å². The minimum Gasteiger partial charge on any atom is -0.332 e. The third-order valence-electron chi connectivity index (χ3n) is 4.30. The van der Waals surface area contributed by atoms with Crippen LogP contribution in [0.25, 0.3) is 10.9 Å². The van der Waals surface area contributed by atoms with E-state index in [0.717, 1.165) is 11.7 Å². The molecule has 2 aromatic heterocycles. The lowest BCUT2D eigenvalue weighted by Crippen LogP contribution is -2.30. The largest absolute Gasteiger partial charge is 0.355 e. The highest BCUT2D eigenvalue weighted by molar-refractivity contribution is 9.10. The Morgan fingerprint density at radius 1 is 0.968 bits per heavy atom. The molecule has 10 nitrogen and oxygen atoms in total. The first-order valence-corrected chi connectivity index (χ1v) is 9.75. The summed E-state index contributed by atoms with van der Waals surface area (Å²) >= 11 is 3.29. The predicted octanol–water partition coefficient (Wildman–Crippen LogP) is 4.20. The lowest BCUT2D eigenvalue weighted by atomic mass is 10.2. The number of hydrogen-bond acceptors (Lipinski definition) is 8. The summed E-state index contributed by atoms with van der Waals surface area (Å²) in [5, 5.41) is 15.6. The van der Waals surface area contributed by atoms with Gasteiger partial charge in [0.25, 0.3) is 5.91 Å². The van der Waals surface area contributed by atoms with Gasteiger partial charge in [-0.1, -0.05) is 30.3 Å². The monoisotopic (exact) mass is 479 g/mol. The maximum Gasteiger partial charge on any atom is 0.355 e. The van der Waals surface area contributed by atoms with Crippen molar-refractivity contribution in [2.75, 3.05) is 10.7 Å². The number of aromatic nitrogens is 3. The molecule has 0 radical (unpaired) electrons. The lowest BCUT2D eigenvalue weighted by Gasteiger charge is -2.12. The van der Waals surface area contributed by atoms with Crippen LogP contribution in [-0.2, 0) is 0 Å². The molecule has 3 N–H and O–H groups in total. The summed E-state index contributed by atoms with van der Waals surface area (Å²) in [6, 6.07) is 15.9. The van der Waals surface area contributed by atoms with Crippen molar-refractivity contribution in [2.24, 2.45) is 0 Å². The summed E-state index contributed by atoms with van der Waals surface area (Å²) in [5.41, 5.74) is 6.04. The van der Waals surface area contributed by atoms with Crippen LogP contribution >= 0.6 is 15.9 Å². The van der Waals surface area contributed by atoms with Gasteiger partial charge in [-0.2, -0.15) is 0 Å². The number of halogens is 1. The van der Waals surface area contributed by atoms with E-state index in [0.29, 0.717) is 21.2 Å². The molecule has 154 valence electrons. The van der Waals surface area contributed by atoms with Crippen molar-refractivity contribution in [2.45, 2.75) is 0 Å². The van der Waals surface area contributed by atoms with Gasteiger partial charge in [0, 0.05) is 16.1 Å². The molecule has 0 bridgehead atoms. The van der Waals surface area contributed by atoms with Gasteiger partial charge in [-0.15, -0.1) is 0 Å². The average Bonchev–Trinajstić information content (AvgIpc) is 2.78. The van der Waals surface area contributed by atoms with Gasteiger partial charge in [-0.3, -0.25) is 30.7 Å². The SMILES string of the molecule is O=C(NNc1ncnc(Nc2cccc3cccnc23)c1[N+](=O)[O-])c1ccccc1Br. The highest BCUT2D eigenvalue weighted by atomic mass is 79.9. The van der Waals surface area contributed by atoms with Crippen molar-refractivity contribution in [1.29, 1.82) is 0 Å². The first-order chi connectivity index (χ1) is 15.0. The number of anilines is 3. The molecule has 0 spiro atoms. The number of pyridine rings is 1. The molecule has 0 aliphatic carbocycles. The van der Waals surface area contributed by atoms with Gasteiger partial charge >= 0.3 is 5.69 Å². The van der Waals surface area contributed by atoms with Gasteiger partial charge in [-0.05, 0) is 40.2 Å². The fourth-order valence-corrected chi connectivity index (χ4v) is 3.36. The van der Waals surface area contributed by atoms with E-state index in [9.17, 15) is 14.9 Å². The molecule has 1 amide bonds. The van der Waals surface area contributed by atoms with Crippen LogP contribution in [0.3, 0.4) is 0 Å². The summed E-state index contributed by atoms with van der Waals surface area (Å²) in [7, 11) is 0. The molecular formula is C20H14BrN7O3. The van der Waals surface area contributed by atoms with Gasteiger partial charge < -0.3 is 5.32 Å². The zero-order chi connectivity index (χ0) is 21.8. The predicted molar refractivity (Wildman–Crippen MR) is 119 cm³/mol. The van der Waals surface area contributed by atoms with E-state index in [1.165, 1.54) is 0 Å². The second-order valence-electron chi connectivity index (χ2n) is 6.24. The van der Waals surface area contributed by atoms with Crippen LogP contribution in [0.1, 0.15) is 10.4 Å². The molecule has 0 saturated carbocycles. The van der Waals surface area contributed by atoms with Crippen LogP contribution in [0.15, 0.2) is 71.6 Å². The number of nitrogens with zero attached hydrogens (tertiary/aromatic N) is 4. The van der Waals surface area contributed by atoms with E-state index in [-0.39, 0.29) is 11.6 Å². The fourth-order valence-electron chi connectivity index (χ4n) is 2.90. The second kappa shape index (κ2) is 8.71. The minimum absolute atomic E-state index is 0.0456. The Kier molecular flexibility index (Phi) is 5.67. The van der Waals surface area contributed by atoms with Gasteiger partial charge in [0.15, 0.2) is 0 Å². The van der Waals surface area contributed by atoms with Crippen molar-refractivity contribution >= 4 is 55.8 Å². The average molecular weight is 480 g/mol. The quantitative estimate of drug-likeness (QED) is 0.276. The maximum absolute atomic E-state index is 12.4. The van der Waals surface area contributed by atoms with E-state index in [4.69, 9.17) is 0 Å². The minimum atomic E-state index is -0.631. The Bertz CT molecular complexity index is 1290. The third kappa shape index (κ3) is 4.26. The van der Waals surface area contributed by atoms with E-state index >= 15 is 0 Å². The molecule has 0 unspecified atom stereocenters. The molecule has 0 saturated heterocycles. The van der Waals surface area contributed by atoms with Crippen molar-refractivity contribution in [1.82, 2.24) is 20.4 Å². The summed E-state index contributed by atoms with van der Waals surface area (Å²) in [4.78, 5) is 35.8. The van der Waals surface area contributed by atoms with Crippen molar-refractivity contribution in [3.05, 3.63) is 87.3 Å². The van der Waals surface area contributed by atoms with Gasteiger partial charge in [-0.25, -0.2) is 9.97 Å². The molecule has 31 heavy (non-hydrogen) atoms. The van der Waals surface area contributed by atoms with Gasteiger partial charge in [0.2, 0.25) is 11.6 Å². The number of nitrogens with one attached hydrogen (secondary N) is 3.